The Morgan fingerprint density at radius 2 is 1.70 bits per heavy atom. The van der Waals surface area contributed by atoms with Gasteiger partial charge < -0.3 is 24.7 Å². The third kappa shape index (κ3) is 5.57. The summed E-state index contributed by atoms with van der Waals surface area (Å²) in [5.41, 5.74) is 0.290. The van der Waals surface area contributed by atoms with Gasteiger partial charge in [0.2, 0.25) is 10.0 Å². The smallest absolute Gasteiger partial charge is 0.251 e. The minimum Gasteiger partial charge on any atom is -0.550 e. The molecule has 2 rings (SSSR count). The number of nitrogens with zero attached hydrogens (tertiary/aromatic N) is 1. The molecule has 1 N–H and O–H groups in total. The number of carboxylic acids is 1. The standard InChI is InChI=1S/C17H24N2O7S/c1-25-14-9-13(10-15(11-14)26-2)16(20)18-5-8-27(23,24)19-6-3-12(4-7-19)17(21)22/h9-12H,3-8H2,1-2H3,(H,18,20)(H,21,22)/p-1. The largest absolute Gasteiger partial charge is 0.550 e. The minimum absolute atomic E-state index is 0.0683. The average molecular weight is 399 g/mol. The molecule has 1 aromatic rings. The molecule has 0 aromatic heterocycles. The van der Waals surface area contributed by atoms with E-state index in [4.69, 9.17) is 9.47 Å². The predicted molar refractivity (Wildman–Crippen MR) is 95.0 cm³/mol. The van der Waals surface area contributed by atoms with Crippen molar-refractivity contribution in [3.8, 4) is 11.5 Å². The highest BCUT2D eigenvalue weighted by Crippen LogP contribution is 2.22. The molecule has 1 amide bonds. The molecule has 0 spiro atoms. The molecule has 1 saturated heterocycles. The second-order valence-electron chi connectivity index (χ2n) is 6.17. The molecule has 1 aromatic carbocycles. The Morgan fingerprint density at radius 3 is 2.19 bits per heavy atom. The van der Waals surface area contributed by atoms with E-state index in [1.807, 2.05) is 0 Å². The van der Waals surface area contributed by atoms with Gasteiger partial charge in [-0.25, -0.2) is 12.7 Å². The molecule has 150 valence electrons. The van der Waals surface area contributed by atoms with Crippen molar-refractivity contribution >= 4 is 21.9 Å². The van der Waals surface area contributed by atoms with Gasteiger partial charge in [-0.1, -0.05) is 0 Å². The molecular weight excluding hydrogens is 376 g/mol. The van der Waals surface area contributed by atoms with Gasteiger partial charge in [0, 0.05) is 43.2 Å². The predicted octanol–water partition coefficient (Wildman–Crippen LogP) is -0.775. The van der Waals surface area contributed by atoms with Crippen molar-refractivity contribution < 1.29 is 32.6 Å². The number of benzene rings is 1. The third-order valence-corrected chi connectivity index (χ3v) is 6.31. The summed E-state index contributed by atoms with van der Waals surface area (Å²) in [6.07, 6.45) is 0.467. The van der Waals surface area contributed by atoms with Crippen LogP contribution < -0.4 is 19.9 Å². The maximum absolute atomic E-state index is 12.4. The number of ether oxygens (including phenoxy) is 2. The summed E-state index contributed by atoms with van der Waals surface area (Å²) >= 11 is 0. The SMILES string of the molecule is COc1cc(OC)cc(C(=O)NCCS(=O)(=O)N2CCC(C(=O)[O-])CC2)c1. The molecule has 0 unspecified atom stereocenters. The van der Waals surface area contributed by atoms with E-state index in [2.05, 4.69) is 5.32 Å². The highest BCUT2D eigenvalue weighted by molar-refractivity contribution is 7.89. The number of hydrogen-bond donors (Lipinski definition) is 1. The van der Waals surface area contributed by atoms with Crippen molar-refractivity contribution in [2.45, 2.75) is 12.8 Å². The number of carbonyl (C=O) groups excluding carboxylic acids is 2. The number of amides is 1. The van der Waals surface area contributed by atoms with E-state index >= 15 is 0 Å². The molecule has 0 saturated carbocycles. The molecule has 1 fully saturated rings. The zero-order valence-corrected chi connectivity index (χ0v) is 16.1. The fourth-order valence-corrected chi connectivity index (χ4v) is 4.22. The van der Waals surface area contributed by atoms with Gasteiger partial charge in [-0.2, -0.15) is 0 Å². The Morgan fingerprint density at radius 1 is 1.15 bits per heavy atom. The lowest BCUT2D eigenvalue weighted by atomic mass is 9.99. The van der Waals surface area contributed by atoms with E-state index in [0.29, 0.717) is 17.1 Å². The Kier molecular flexibility index (Phi) is 7.03. The molecule has 9 nitrogen and oxygen atoms in total. The summed E-state index contributed by atoms with van der Waals surface area (Å²) in [5.74, 6) is -1.58. The number of rotatable bonds is 8. The lowest BCUT2D eigenvalue weighted by molar-refractivity contribution is -0.312. The molecule has 1 aliphatic heterocycles. The fourth-order valence-electron chi connectivity index (χ4n) is 2.83. The highest BCUT2D eigenvalue weighted by Gasteiger charge is 2.28. The minimum atomic E-state index is -3.58. The molecule has 27 heavy (non-hydrogen) atoms. The lowest BCUT2D eigenvalue weighted by Crippen LogP contribution is -2.45. The van der Waals surface area contributed by atoms with Gasteiger partial charge in [-0.3, -0.25) is 4.79 Å². The number of methoxy groups -OCH3 is 2. The number of nitrogens with one attached hydrogen (secondary N) is 1. The topological polar surface area (TPSA) is 125 Å². The first kappa shape index (κ1) is 21.0. The first-order valence-electron chi connectivity index (χ1n) is 8.46. The van der Waals surface area contributed by atoms with Crippen molar-refractivity contribution in [2.24, 2.45) is 5.92 Å². The van der Waals surface area contributed by atoms with E-state index in [-0.39, 0.29) is 38.2 Å². The van der Waals surface area contributed by atoms with Crippen LogP contribution in [-0.4, -0.2) is 64.2 Å². The highest BCUT2D eigenvalue weighted by atomic mass is 32.2. The van der Waals surface area contributed by atoms with Crippen LogP contribution in [0.1, 0.15) is 23.2 Å². The molecule has 1 heterocycles. The maximum atomic E-state index is 12.4. The molecule has 0 aliphatic carbocycles. The Bertz CT molecular complexity index is 764. The van der Waals surface area contributed by atoms with Crippen LogP contribution in [0.25, 0.3) is 0 Å². The quantitative estimate of drug-likeness (QED) is 0.608. The Balaban J connectivity index is 1.90. The van der Waals surface area contributed by atoms with Crippen molar-refractivity contribution in [2.75, 3.05) is 39.6 Å². The van der Waals surface area contributed by atoms with Crippen molar-refractivity contribution in [1.82, 2.24) is 9.62 Å². The van der Waals surface area contributed by atoms with Crippen molar-refractivity contribution in [3.63, 3.8) is 0 Å². The van der Waals surface area contributed by atoms with Gasteiger partial charge in [0.25, 0.3) is 5.91 Å². The van der Waals surface area contributed by atoms with Crippen LogP contribution in [0.3, 0.4) is 0 Å². The summed E-state index contributed by atoms with van der Waals surface area (Å²) in [7, 11) is -0.650. The van der Waals surface area contributed by atoms with Crippen LogP contribution in [-0.2, 0) is 14.8 Å². The normalized spacial score (nSPS) is 15.9. The molecule has 0 bridgehead atoms. The van der Waals surface area contributed by atoms with E-state index in [0.717, 1.165) is 0 Å². The van der Waals surface area contributed by atoms with Gasteiger partial charge >= 0.3 is 0 Å². The first-order chi connectivity index (χ1) is 12.8. The first-order valence-corrected chi connectivity index (χ1v) is 10.1. The summed E-state index contributed by atoms with van der Waals surface area (Å²) in [4.78, 5) is 23.1. The Labute approximate surface area is 158 Å². The van der Waals surface area contributed by atoms with Crippen molar-refractivity contribution in [3.05, 3.63) is 23.8 Å². The average Bonchev–Trinajstić information content (AvgIpc) is 2.67. The van der Waals surface area contributed by atoms with E-state index in [1.54, 1.807) is 6.07 Å². The molecule has 10 heteroatoms. The van der Waals surface area contributed by atoms with Crippen molar-refractivity contribution in [1.29, 1.82) is 0 Å². The number of hydrogen-bond acceptors (Lipinski definition) is 7. The number of piperidine rings is 1. The van der Waals surface area contributed by atoms with E-state index in [9.17, 15) is 23.1 Å². The Hall–Kier alpha value is -2.33. The number of aliphatic carboxylic acids is 1. The van der Waals surface area contributed by atoms with Crippen LogP contribution >= 0.6 is 0 Å². The van der Waals surface area contributed by atoms with Gasteiger partial charge in [-0.05, 0) is 25.0 Å². The molecule has 1 aliphatic rings. The van der Waals surface area contributed by atoms with Gasteiger partial charge in [-0.15, -0.1) is 0 Å². The molecular formula is C17H23N2O7S-. The number of sulfonamides is 1. The molecule has 0 radical (unpaired) electrons. The second kappa shape index (κ2) is 9.05. The summed E-state index contributed by atoms with van der Waals surface area (Å²) in [6.45, 7) is 0.213. The van der Waals surface area contributed by atoms with E-state index < -0.39 is 27.8 Å². The summed E-state index contributed by atoms with van der Waals surface area (Å²) in [5, 5.41) is 13.4. The monoisotopic (exact) mass is 399 g/mol. The zero-order chi connectivity index (χ0) is 20.0. The summed E-state index contributed by atoms with van der Waals surface area (Å²) < 4.78 is 36.2. The number of carbonyl (C=O) groups is 2. The van der Waals surface area contributed by atoms with Crippen LogP contribution in [0.4, 0.5) is 0 Å². The van der Waals surface area contributed by atoms with Gasteiger partial charge in [0.1, 0.15) is 11.5 Å². The maximum Gasteiger partial charge on any atom is 0.251 e. The van der Waals surface area contributed by atoms with Gasteiger partial charge in [0.05, 0.1) is 20.0 Å². The lowest BCUT2D eigenvalue weighted by Gasteiger charge is -2.31. The fraction of sp³-hybridized carbons (Fsp3) is 0.529. The van der Waals surface area contributed by atoms with Crippen LogP contribution in [0.5, 0.6) is 11.5 Å². The van der Waals surface area contributed by atoms with Gasteiger partial charge in [0.15, 0.2) is 0 Å². The van der Waals surface area contributed by atoms with E-state index in [1.165, 1.54) is 30.7 Å². The van der Waals surface area contributed by atoms with Crippen LogP contribution in [0.15, 0.2) is 18.2 Å². The number of carboxylic acid groups (broad SMARTS) is 1. The summed E-state index contributed by atoms with van der Waals surface area (Å²) in [6, 6.07) is 4.67. The van der Waals surface area contributed by atoms with Crippen LogP contribution in [0.2, 0.25) is 0 Å². The zero-order valence-electron chi connectivity index (χ0n) is 15.3. The third-order valence-electron chi connectivity index (χ3n) is 4.44. The molecule has 0 atom stereocenters. The van der Waals surface area contributed by atoms with Crippen LogP contribution in [0, 0.1) is 5.92 Å². The second-order valence-corrected chi connectivity index (χ2v) is 8.25.